The first-order chi connectivity index (χ1) is 30.3. The van der Waals surface area contributed by atoms with Crippen LogP contribution in [0.4, 0.5) is 0 Å². The van der Waals surface area contributed by atoms with E-state index >= 15 is 0 Å². The molecule has 12 aromatic rings. The summed E-state index contributed by atoms with van der Waals surface area (Å²) >= 11 is 0. The van der Waals surface area contributed by atoms with Gasteiger partial charge in [0, 0.05) is 44.0 Å². The summed E-state index contributed by atoms with van der Waals surface area (Å²) in [5, 5.41) is 9.47. The monoisotopic (exact) mass is 776 g/mol. The highest BCUT2D eigenvalue weighted by Crippen LogP contribution is 2.51. The van der Waals surface area contributed by atoms with E-state index in [2.05, 4.69) is 187 Å². The molecule has 0 spiro atoms. The van der Waals surface area contributed by atoms with Crippen molar-refractivity contribution in [2.45, 2.75) is 0 Å². The van der Waals surface area contributed by atoms with Gasteiger partial charge in [0.15, 0.2) is 17.5 Å². The smallest absolute Gasteiger partial charge is 0.165 e. The molecule has 0 radical (unpaired) electrons. The van der Waals surface area contributed by atoms with E-state index in [4.69, 9.17) is 15.0 Å². The van der Waals surface area contributed by atoms with Gasteiger partial charge in [-0.2, -0.15) is 0 Å². The van der Waals surface area contributed by atoms with Crippen molar-refractivity contribution in [3.05, 3.63) is 218 Å². The Kier molecular flexibility index (Phi) is 8.13. The molecule has 10 aromatic carbocycles. The lowest BCUT2D eigenvalue weighted by molar-refractivity contribution is 1.08. The predicted molar refractivity (Wildman–Crippen MR) is 254 cm³/mol. The van der Waals surface area contributed by atoms with E-state index in [1.165, 1.54) is 32.3 Å². The molecule has 0 atom stereocenters. The molecule has 0 unspecified atom stereocenters. The van der Waals surface area contributed by atoms with Crippen molar-refractivity contribution in [2.24, 2.45) is 0 Å². The second-order valence-electron chi connectivity index (χ2n) is 15.5. The van der Waals surface area contributed by atoms with Gasteiger partial charge >= 0.3 is 0 Å². The van der Waals surface area contributed by atoms with Crippen LogP contribution in [-0.4, -0.2) is 19.5 Å². The second kappa shape index (κ2) is 14.3. The van der Waals surface area contributed by atoms with Crippen LogP contribution < -0.4 is 0 Å². The van der Waals surface area contributed by atoms with Crippen molar-refractivity contribution in [3.8, 4) is 62.1 Å². The fourth-order valence-electron chi connectivity index (χ4n) is 9.30. The van der Waals surface area contributed by atoms with Crippen LogP contribution in [0.1, 0.15) is 0 Å². The average molecular weight is 777 g/mol. The van der Waals surface area contributed by atoms with Gasteiger partial charge in [0.1, 0.15) is 0 Å². The Bertz CT molecular complexity index is 3560. The fraction of sp³-hybridized carbons (Fsp3) is 0. The van der Waals surface area contributed by atoms with E-state index in [1.54, 1.807) is 0 Å². The molecule has 0 saturated heterocycles. The van der Waals surface area contributed by atoms with E-state index in [1.807, 2.05) is 36.4 Å². The summed E-state index contributed by atoms with van der Waals surface area (Å²) in [5.74, 6) is 1.86. The van der Waals surface area contributed by atoms with Crippen LogP contribution in [0, 0.1) is 0 Å². The van der Waals surface area contributed by atoms with Crippen molar-refractivity contribution < 1.29 is 0 Å². The van der Waals surface area contributed by atoms with Crippen molar-refractivity contribution in [1.82, 2.24) is 19.5 Å². The van der Waals surface area contributed by atoms with E-state index in [-0.39, 0.29) is 0 Å². The van der Waals surface area contributed by atoms with E-state index < -0.39 is 0 Å². The van der Waals surface area contributed by atoms with Crippen LogP contribution in [0.2, 0.25) is 0 Å². The molecule has 284 valence electrons. The lowest BCUT2D eigenvalue weighted by Crippen LogP contribution is -2.06. The number of hydrogen-bond acceptors (Lipinski definition) is 3. The molecule has 4 nitrogen and oxygen atoms in total. The summed E-state index contributed by atoms with van der Waals surface area (Å²) in [6.45, 7) is 0. The maximum atomic E-state index is 5.40. The minimum atomic E-state index is 0.616. The summed E-state index contributed by atoms with van der Waals surface area (Å²) in [6.07, 6.45) is 0. The zero-order chi connectivity index (χ0) is 40.3. The Morgan fingerprint density at radius 2 is 0.738 bits per heavy atom. The van der Waals surface area contributed by atoms with E-state index in [0.29, 0.717) is 17.5 Å². The quantitative estimate of drug-likeness (QED) is 0.169. The number of nitrogens with zero attached hydrogens (tertiary/aromatic N) is 4. The van der Waals surface area contributed by atoms with Crippen LogP contribution in [0.15, 0.2) is 218 Å². The largest absolute Gasteiger partial charge is 0.308 e. The fourth-order valence-corrected chi connectivity index (χ4v) is 9.30. The van der Waals surface area contributed by atoms with Gasteiger partial charge in [0.2, 0.25) is 0 Å². The molecule has 0 bridgehead atoms. The van der Waals surface area contributed by atoms with E-state index in [0.717, 1.165) is 66.4 Å². The van der Waals surface area contributed by atoms with Gasteiger partial charge in [-0.15, -0.1) is 0 Å². The minimum absolute atomic E-state index is 0.616. The van der Waals surface area contributed by atoms with Gasteiger partial charge in [-0.1, -0.05) is 200 Å². The molecule has 0 N–H and O–H groups in total. The molecule has 0 aliphatic heterocycles. The topological polar surface area (TPSA) is 43.6 Å². The van der Waals surface area contributed by atoms with E-state index in [9.17, 15) is 0 Å². The number of aromatic nitrogens is 4. The van der Waals surface area contributed by atoms with Crippen LogP contribution in [-0.2, 0) is 0 Å². The summed E-state index contributed by atoms with van der Waals surface area (Å²) in [6, 6.07) is 77.7. The number of hydrogen-bond donors (Lipinski definition) is 0. The normalized spacial score (nSPS) is 11.6. The maximum absolute atomic E-state index is 5.40. The van der Waals surface area contributed by atoms with Crippen molar-refractivity contribution >= 4 is 54.1 Å². The Morgan fingerprint density at radius 3 is 1.34 bits per heavy atom. The molecule has 0 aliphatic rings. The highest BCUT2D eigenvalue weighted by atomic mass is 15.0. The molecule has 4 heteroatoms. The molecule has 0 fully saturated rings. The predicted octanol–water partition coefficient (Wildman–Crippen LogP) is 14.8. The van der Waals surface area contributed by atoms with Crippen LogP contribution in [0.25, 0.3) is 116 Å². The standard InChI is InChI=1S/C57H36N4/c1-5-20-38(21-6-1)50-51(39-22-7-2-8-23-39)54(61-48-34-33-37-19-15-16-30-44(37)52(48)47-35-42-28-13-14-29-43(42)36-49(47)61)46-32-18-17-31-45(46)53(50)57-59-55(40-24-9-3-10-25-40)58-56(60-57)41-26-11-4-12-27-41/h1-36H. The summed E-state index contributed by atoms with van der Waals surface area (Å²) in [4.78, 5) is 15.9. The van der Waals surface area contributed by atoms with Crippen LogP contribution in [0.3, 0.4) is 0 Å². The molecule has 0 saturated carbocycles. The molecule has 12 rings (SSSR count). The SMILES string of the molecule is c1ccc(-c2nc(-c3ccccc3)nc(-c3c(-c4ccccc4)c(-c4ccccc4)c(-n4c5cc6ccccc6cc5c5c6ccccc6ccc54)c4ccccc34)n2)cc1. The molecule has 2 aromatic heterocycles. The third-order valence-corrected chi connectivity index (χ3v) is 12.0. The van der Waals surface area contributed by atoms with Gasteiger partial charge in [0.25, 0.3) is 0 Å². The zero-order valence-corrected chi connectivity index (χ0v) is 33.1. The Labute approximate surface area is 352 Å². The summed E-state index contributed by atoms with van der Waals surface area (Å²) < 4.78 is 2.53. The van der Waals surface area contributed by atoms with Crippen molar-refractivity contribution in [2.75, 3.05) is 0 Å². The van der Waals surface area contributed by atoms with Crippen LogP contribution in [0.5, 0.6) is 0 Å². The molecule has 61 heavy (non-hydrogen) atoms. The summed E-state index contributed by atoms with van der Waals surface area (Å²) in [5.41, 5.74) is 10.5. The first-order valence-corrected chi connectivity index (χ1v) is 20.7. The van der Waals surface area contributed by atoms with Crippen molar-refractivity contribution in [3.63, 3.8) is 0 Å². The van der Waals surface area contributed by atoms with Gasteiger partial charge < -0.3 is 4.57 Å². The van der Waals surface area contributed by atoms with Gasteiger partial charge in [-0.05, 0) is 56.3 Å². The van der Waals surface area contributed by atoms with Gasteiger partial charge in [-0.25, -0.2) is 15.0 Å². The highest BCUT2D eigenvalue weighted by Gasteiger charge is 2.28. The van der Waals surface area contributed by atoms with Gasteiger partial charge in [-0.3, -0.25) is 0 Å². The van der Waals surface area contributed by atoms with Crippen molar-refractivity contribution in [1.29, 1.82) is 0 Å². The Morgan fingerprint density at radius 1 is 0.279 bits per heavy atom. The Balaban J connectivity index is 1.31. The van der Waals surface area contributed by atoms with Gasteiger partial charge in [0.05, 0.1) is 16.7 Å². The summed E-state index contributed by atoms with van der Waals surface area (Å²) in [7, 11) is 0. The molecule has 0 aliphatic carbocycles. The second-order valence-corrected chi connectivity index (χ2v) is 15.5. The van der Waals surface area contributed by atoms with Crippen LogP contribution >= 0.6 is 0 Å². The lowest BCUT2D eigenvalue weighted by Gasteiger charge is -2.25. The zero-order valence-electron chi connectivity index (χ0n) is 33.1. The minimum Gasteiger partial charge on any atom is -0.308 e. The third kappa shape index (κ3) is 5.72. The molecular formula is C57H36N4. The number of rotatable bonds is 6. The first kappa shape index (κ1) is 34.8. The maximum Gasteiger partial charge on any atom is 0.165 e. The molecule has 2 heterocycles. The average Bonchev–Trinajstić information content (AvgIpc) is 3.66. The third-order valence-electron chi connectivity index (χ3n) is 12.0. The number of fused-ring (bicyclic) bond motifs is 7. The first-order valence-electron chi connectivity index (χ1n) is 20.7. The molecular weight excluding hydrogens is 741 g/mol. The highest BCUT2D eigenvalue weighted by molar-refractivity contribution is 6.25. The lowest BCUT2D eigenvalue weighted by atomic mass is 9.84. The number of benzene rings is 10. The molecule has 0 amide bonds. The Hall–Kier alpha value is -8.21.